The molecule has 1 saturated heterocycles. The molecule has 1 aromatic heterocycles. The highest BCUT2D eigenvalue weighted by molar-refractivity contribution is 6.30. The number of urea groups is 1. The van der Waals surface area contributed by atoms with E-state index in [0.29, 0.717) is 28.5 Å². The molecule has 0 atom stereocenters. The maximum Gasteiger partial charge on any atom is 0.323 e. The van der Waals surface area contributed by atoms with E-state index in [4.69, 9.17) is 11.6 Å². The van der Waals surface area contributed by atoms with Crippen molar-refractivity contribution in [2.45, 2.75) is 25.8 Å². The third-order valence-electron chi connectivity index (χ3n) is 5.45. The smallest absolute Gasteiger partial charge is 0.323 e. The van der Waals surface area contributed by atoms with Crippen LogP contribution in [0, 0.1) is 0 Å². The summed E-state index contributed by atoms with van der Waals surface area (Å²) in [6, 6.07) is 15.7. The van der Waals surface area contributed by atoms with Gasteiger partial charge in [-0.25, -0.2) is 4.79 Å². The predicted molar refractivity (Wildman–Crippen MR) is 132 cm³/mol. The van der Waals surface area contributed by atoms with E-state index in [0.717, 1.165) is 37.2 Å². The number of amides is 3. The molecule has 1 aliphatic heterocycles. The van der Waals surface area contributed by atoms with E-state index in [1.807, 2.05) is 24.3 Å². The Morgan fingerprint density at radius 2 is 1.73 bits per heavy atom. The van der Waals surface area contributed by atoms with Gasteiger partial charge in [0, 0.05) is 54.1 Å². The summed E-state index contributed by atoms with van der Waals surface area (Å²) >= 11 is 5.98. The van der Waals surface area contributed by atoms with E-state index in [9.17, 15) is 9.59 Å². The van der Waals surface area contributed by atoms with Gasteiger partial charge in [0.05, 0.1) is 5.56 Å². The summed E-state index contributed by atoms with van der Waals surface area (Å²) in [4.78, 5) is 32.0. The van der Waals surface area contributed by atoms with E-state index < -0.39 is 6.03 Å². The van der Waals surface area contributed by atoms with Crippen molar-refractivity contribution in [2.75, 3.05) is 28.6 Å². The fraction of sp³-hybridized carbons (Fsp3) is 0.240. The maximum absolute atomic E-state index is 13.1. The van der Waals surface area contributed by atoms with Gasteiger partial charge >= 0.3 is 6.03 Å². The molecule has 2 aromatic carbocycles. The number of hydrogen-bond donors (Lipinski definition) is 3. The molecule has 0 bridgehead atoms. The highest BCUT2D eigenvalue weighted by Gasteiger charge is 2.20. The molecule has 1 aliphatic rings. The zero-order valence-electron chi connectivity index (χ0n) is 18.2. The van der Waals surface area contributed by atoms with E-state index >= 15 is 0 Å². The number of anilines is 3. The number of nitrogens with one attached hydrogen (secondary N) is 3. The van der Waals surface area contributed by atoms with Crippen LogP contribution in [-0.2, 0) is 6.54 Å². The fourth-order valence-corrected chi connectivity index (χ4v) is 4.04. The topological polar surface area (TPSA) is 86.4 Å². The van der Waals surface area contributed by atoms with Gasteiger partial charge in [-0.1, -0.05) is 23.7 Å². The van der Waals surface area contributed by atoms with Crippen molar-refractivity contribution in [3.63, 3.8) is 0 Å². The van der Waals surface area contributed by atoms with Crippen LogP contribution in [0.1, 0.15) is 35.2 Å². The third-order valence-corrected chi connectivity index (χ3v) is 5.69. The molecule has 0 saturated carbocycles. The standard InChI is InChI=1S/C25H26ClN5O2/c26-19-7-4-8-20(14-19)29-25(33)30-21-9-10-23(31-12-2-1-3-13-31)22(15-21)24(32)28-17-18-6-5-11-27-16-18/h4-11,14-16H,1-3,12-13,17H2,(H,28,32)(H2,29,30,33). The van der Waals surface area contributed by atoms with Crippen molar-refractivity contribution in [3.8, 4) is 0 Å². The lowest BCUT2D eigenvalue weighted by molar-refractivity contribution is 0.0951. The molecule has 33 heavy (non-hydrogen) atoms. The van der Waals surface area contributed by atoms with Crippen LogP contribution < -0.4 is 20.9 Å². The van der Waals surface area contributed by atoms with E-state index in [1.165, 1.54) is 6.42 Å². The molecule has 7 nitrogen and oxygen atoms in total. The number of aromatic nitrogens is 1. The average Bonchev–Trinajstić information content (AvgIpc) is 2.83. The SMILES string of the molecule is O=C(Nc1cccc(Cl)c1)Nc1ccc(N2CCCCC2)c(C(=O)NCc2cccnc2)c1. The van der Waals surface area contributed by atoms with Crippen LogP contribution >= 0.6 is 11.6 Å². The Bertz CT molecular complexity index is 1120. The quantitative estimate of drug-likeness (QED) is 0.463. The summed E-state index contributed by atoms with van der Waals surface area (Å²) in [7, 11) is 0. The lowest BCUT2D eigenvalue weighted by atomic mass is 10.1. The number of carbonyl (C=O) groups excluding carboxylic acids is 2. The van der Waals surface area contributed by atoms with Crippen LogP contribution in [-0.4, -0.2) is 30.0 Å². The Balaban J connectivity index is 1.51. The molecule has 0 aliphatic carbocycles. The Labute approximate surface area is 198 Å². The number of benzene rings is 2. The molecular weight excluding hydrogens is 438 g/mol. The summed E-state index contributed by atoms with van der Waals surface area (Å²) in [5.41, 5.74) is 3.43. The molecule has 2 heterocycles. The van der Waals surface area contributed by atoms with Gasteiger partial charge in [-0.15, -0.1) is 0 Å². The summed E-state index contributed by atoms with van der Waals surface area (Å²) < 4.78 is 0. The maximum atomic E-state index is 13.1. The summed E-state index contributed by atoms with van der Waals surface area (Å²) in [6.45, 7) is 2.19. The molecule has 4 rings (SSSR count). The average molecular weight is 464 g/mol. The summed E-state index contributed by atoms with van der Waals surface area (Å²) in [5.74, 6) is -0.196. The van der Waals surface area contributed by atoms with E-state index in [1.54, 1.807) is 42.7 Å². The highest BCUT2D eigenvalue weighted by Crippen LogP contribution is 2.27. The van der Waals surface area contributed by atoms with Gasteiger partial charge in [0.2, 0.25) is 0 Å². The van der Waals surface area contributed by atoms with Crippen molar-refractivity contribution in [1.82, 2.24) is 10.3 Å². The van der Waals surface area contributed by atoms with Gasteiger partial charge in [-0.05, 0) is 67.3 Å². The Morgan fingerprint density at radius 1 is 0.939 bits per heavy atom. The van der Waals surface area contributed by atoms with Gasteiger partial charge in [0.1, 0.15) is 0 Å². The van der Waals surface area contributed by atoms with E-state index in [2.05, 4.69) is 25.8 Å². The van der Waals surface area contributed by atoms with Crippen LogP contribution in [0.4, 0.5) is 21.9 Å². The number of halogens is 1. The zero-order chi connectivity index (χ0) is 23.0. The number of rotatable bonds is 6. The molecule has 8 heteroatoms. The number of carbonyl (C=O) groups is 2. The lowest BCUT2D eigenvalue weighted by Crippen LogP contribution is -2.33. The normalized spacial score (nSPS) is 13.3. The number of piperidine rings is 1. The molecule has 0 spiro atoms. The first-order valence-corrected chi connectivity index (χ1v) is 11.4. The fourth-order valence-electron chi connectivity index (χ4n) is 3.85. The number of pyridine rings is 1. The van der Waals surface area contributed by atoms with Crippen LogP contribution in [0.3, 0.4) is 0 Å². The summed E-state index contributed by atoms with van der Waals surface area (Å²) in [5, 5.41) is 9.07. The minimum Gasteiger partial charge on any atom is -0.371 e. The Morgan fingerprint density at radius 3 is 2.45 bits per heavy atom. The van der Waals surface area contributed by atoms with E-state index in [-0.39, 0.29) is 5.91 Å². The molecule has 3 N–H and O–H groups in total. The van der Waals surface area contributed by atoms with Gasteiger partial charge in [-0.2, -0.15) is 0 Å². The number of nitrogens with zero attached hydrogens (tertiary/aromatic N) is 2. The zero-order valence-corrected chi connectivity index (χ0v) is 18.9. The molecule has 3 amide bonds. The number of hydrogen-bond acceptors (Lipinski definition) is 4. The predicted octanol–water partition coefficient (Wildman–Crippen LogP) is 5.30. The third kappa shape index (κ3) is 6.23. The van der Waals surface area contributed by atoms with Crippen molar-refractivity contribution in [2.24, 2.45) is 0 Å². The molecular formula is C25H26ClN5O2. The molecule has 3 aromatic rings. The van der Waals surface area contributed by atoms with Crippen molar-refractivity contribution >= 4 is 40.6 Å². The van der Waals surface area contributed by atoms with Crippen molar-refractivity contribution in [1.29, 1.82) is 0 Å². The van der Waals surface area contributed by atoms with Crippen LogP contribution in [0.2, 0.25) is 5.02 Å². The van der Waals surface area contributed by atoms with Crippen molar-refractivity contribution in [3.05, 3.63) is 83.1 Å². The summed E-state index contributed by atoms with van der Waals surface area (Å²) in [6.07, 6.45) is 6.81. The molecule has 1 fully saturated rings. The Hall–Kier alpha value is -3.58. The Kier molecular flexibility index (Phi) is 7.42. The first-order valence-electron chi connectivity index (χ1n) is 11.0. The van der Waals surface area contributed by atoms with Crippen LogP contribution in [0.25, 0.3) is 0 Å². The van der Waals surface area contributed by atoms with Gasteiger partial charge in [0.15, 0.2) is 0 Å². The van der Waals surface area contributed by atoms with Gasteiger partial charge in [-0.3, -0.25) is 9.78 Å². The lowest BCUT2D eigenvalue weighted by Gasteiger charge is -2.30. The van der Waals surface area contributed by atoms with Gasteiger partial charge < -0.3 is 20.9 Å². The second-order valence-corrected chi connectivity index (χ2v) is 8.35. The van der Waals surface area contributed by atoms with Crippen LogP contribution in [0.15, 0.2) is 67.0 Å². The minimum atomic E-state index is -0.412. The first-order chi connectivity index (χ1) is 16.1. The van der Waals surface area contributed by atoms with Gasteiger partial charge in [0.25, 0.3) is 5.91 Å². The second kappa shape index (κ2) is 10.8. The van der Waals surface area contributed by atoms with Crippen LogP contribution in [0.5, 0.6) is 0 Å². The molecule has 0 unspecified atom stereocenters. The molecule has 0 radical (unpaired) electrons. The monoisotopic (exact) mass is 463 g/mol. The first kappa shape index (κ1) is 22.6. The largest absolute Gasteiger partial charge is 0.371 e. The molecule has 170 valence electrons. The highest BCUT2D eigenvalue weighted by atomic mass is 35.5. The second-order valence-electron chi connectivity index (χ2n) is 7.91. The van der Waals surface area contributed by atoms with Crippen molar-refractivity contribution < 1.29 is 9.59 Å². The minimum absolute atomic E-state index is 0.196.